The molecule has 0 saturated carbocycles. The Labute approximate surface area is 147 Å². The molecule has 1 aliphatic rings. The maximum atomic E-state index is 11.9. The molecule has 1 unspecified atom stereocenters. The molecule has 0 aromatic rings. The lowest BCUT2D eigenvalue weighted by Gasteiger charge is -2.37. The van der Waals surface area contributed by atoms with Crippen LogP contribution < -0.4 is 16.0 Å². The number of carbonyl (C=O) groups excluding carboxylic acids is 1. The summed E-state index contributed by atoms with van der Waals surface area (Å²) < 4.78 is 0. The summed E-state index contributed by atoms with van der Waals surface area (Å²) in [7, 11) is 1.72. The third kappa shape index (κ3) is 7.97. The van der Waals surface area contributed by atoms with Gasteiger partial charge in [-0.1, -0.05) is 6.92 Å². The van der Waals surface area contributed by atoms with E-state index >= 15 is 0 Å². The van der Waals surface area contributed by atoms with Crippen LogP contribution in [0.4, 0.5) is 0 Å². The third-order valence-corrected chi connectivity index (χ3v) is 4.20. The van der Waals surface area contributed by atoms with Crippen LogP contribution in [-0.2, 0) is 4.79 Å². The molecule has 1 fully saturated rings. The van der Waals surface area contributed by atoms with E-state index in [1.807, 2.05) is 20.8 Å². The van der Waals surface area contributed by atoms with Crippen LogP contribution in [0.25, 0.3) is 0 Å². The van der Waals surface area contributed by atoms with E-state index in [4.69, 9.17) is 0 Å². The maximum Gasteiger partial charge on any atom is 0.239 e. The summed E-state index contributed by atoms with van der Waals surface area (Å²) in [6.07, 6.45) is 0. The summed E-state index contributed by atoms with van der Waals surface area (Å²) in [6.45, 7) is 17.0. The Balaban J connectivity index is 2.30. The molecular formula is C17H36N6O. The predicted octanol–water partition coefficient (Wildman–Crippen LogP) is 0.0921. The molecule has 1 rings (SSSR count). The average molecular weight is 341 g/mol. The van der Waals surface area contributed by atoms with Crippen LogP contribution in [0.5, 0.6) is 0 Å². The summed E-state index contributed by atoms with van der Waals surface area (Å²) in [6, 6.07) is 0.436. The second kappa shape index (κ2) is 9.84. The fraction of sp³-hybridized carbons (Fsp3) is 0.882. The van der Waals surface area contributed by atoms with Crippen LogP contribution in [-0.4, -0.2) is 86.1 Å². The summed E-state index contributed by atoms with van der Waals surface area (Å²) >= 11 is 0. The Hall–Kier alpha value is -1.34. The lowest BCUT2D eigenvalue weighted by Crippen LogP contribution is -2.53. The van der Waals surface area contributed by atoms with E-state index in [9.17, 15) is 4.79 Å². The molecule has 1 atom stereocenters. The summed E-state index contributed by atoms with van der Waals surface area (Å²) in [5.41, 5.74) is -0.217. The van der Waals surface area contributed by atoms with Crippen molar-refractivity contribution in [1.82, 2.24) is 25.8 Å². The number of piperazine rings is 1. The molecule has 0 spiro atoms. The van der Waals surface area contributed by atoms with Gasteiger partial charge in [-0.15, -0.1) is 0 Å². The summed E-state index contributed by atoms with van der Waals surface area (Å²) in [4.78, 5) is 21.0. The molecule has 0 aliphatic carbocycles. The van der Waals surface area contributed by atoms with Gasteiger partial charge in [0.2, 0.25) is 5.91 Å². The maximum absolute atomic E-state index is 11.9. The van der Waals surface area contributed by atoms with Gasteiger partial charge in [-0.2, -0.15) is 0 Å². The molecule has 7 heteroatoms. The van der Waals surface area contributed by atoms with Crippen molar-refractivity contribution in [3.63, 3.8) is 0 Å². The van der Waals surface area contributed by atoms with Crippen LogP contribution in [0.15, 0.2) is 4.99 Å². The highest BCUT2D eigenvalue weighted by Gasteiger charge is 2.20. The average Bonchev–Trinajstić information content (AvgIpc) is 2.53. The van der Waals surface area contributed by atoms with Crippen molar-refractivity contribution in [3.05, 3.63) is 0 Å². The van der Waals surface area contributed by atoms with Crippen LogP contribution in [0.2, 0.25) is 0 Å². The Bertz CT molecular complexity index is 410. The van der Waals surface area contributed by atoms with Gasteiger partial charge >= 0.3 is 0 Å². The van der Waals surface area contributed by atoms with Crippen molar-refractivity contribution in [2.24, 2.45) is 4.99 Å². The molecule has 3 N–H and O–H groups in total. The number of hydrogen-bond acceptors (Lipinski definition) is 4. The first kappa shape index (κ1) is 20.7. The van der Waals surface area contributed by atoms with Crippen molar-refractivity contribution >= 4 is 11.9 Å². The van der Waals surface area contributed by atoms with Gasteiger partial charge < -0.3 is 20.9 Å². The van der Waals surface area contributed by atoms with Crippen LogP contribution in [0, 0.1) is 0 Å². The number of guanidine groups is 1. The Kier molecular flexibility index (Phi) is 8.48. The first-order valence-corrected chi connectivity index (χ1v) is 8.97. The molecule has 1 heterocycles. The molecule has 0 radical (unpaired) electrons. The topological polar surface area (TPSA) is 72.0 Å². The molecule has 24 heavy (non-hydrogen) atoms. The zero-order valence-corrected chi connectivity index (χ0v) is 16.3. The van der Waals surface area contributed by atoms with E-state index in [2.05, 4.69) is 44.6 Å². The molecule has 0 aromatic carbocycles. The fourth-order valence-corrected chi connectivity index (χ4v) is 2.74. The minimum atomic E-state index is -0.217. The number of rotatable bonds is 6. The molecule has 0 bridgehead atoms. The SMILES string of the molecule is CCN1CCN(C(C)CNC(=NC)NCC(=O)NC(C)(C)C)CC1. The Morgan fingerprint density at radius 3 is 2.29 bits per heavy atom. The van der Waals surface area contributed by atoms with Gasteiger partial charge in [-0.05, 0) is 34.2 Å². The number of aliphatic imine (C=N–C) groups is 1. The van der Waals surface area contributed by atoms with Crippen molar-refractivity contribution in [2.45, 2.75) is 46.2 Å². The molecular weight excluding hydrogens is 304 g/mol. The monoisotopic (exact) mass is 340 g/mol. The molecule has 1 saturated heterocycles. The van der Waals surface area contributed by atoms with Gasteiger partial charge in [0, 0.05) is 51.4 Å². The van der Waals surface area contributed by atoms with E-state index in [0.717, 1.165) is 39.3 Å². The van der Waals surface area contributed by atoms with E-state index in [0.29, 0.717) is 12.0 Å². The number of hydrogen-bond donors (Lipinski definition) is 3. The van der Waals surface area contributed by atoms with Gasteiger partial charge in [0.1, 0.15) is 0 Å². The normalized spacial score (nSPS) is 19.0. The number of nitrogens with one attached hydrogen (secondary N) is 3. The number of likely N-dealkylation sites (N-methyl/N-ethyl adjacent to an activating group) is 1. The quantitative estimate of drug-likeness (QED) is 0.472. The van der Waals surface area contributed by atoms with Crippen LogP contribution >= 0.6 is 0 Å². The van der Waals surface area contributed by atoms with E-state index < -0.39 is 0 Å². The smallest absolute Gasteiger partial charge is 0.239 e. The van der Waals surface area contributed by atoms with Crippen LogP contribution in [0.3, 0.4) is 0 Å². The first-order chi connectivity index (χ1) is 11.2. The molecule has 0 aromatic heterocycles. The van der Waals surface area contributed by atoms with Crippen molar-refractivity contribution in [2.75, 3.05) is 52.9 Å². The second-order valence-electron chi connectivity index (χ2n) is 7.42. The van der Waals surface area contributed by atoms with E-state index in [1.165, 1.54) is 0 Å². The predicted molar refractivity (Wildman–Crippen MR) is 100 cm³/mol. The summed E-state index contributed by atoms with van der Waals surface area (Å²) in [5.74, 6) is 0.632. The van der Waals surface area contributed by atoms with E-state index in [1.54, 1.807) is 7.05 Å². The van der Waals surface area contributed by atoms with Crippen LogP contribution in [0.1, 0.15) is 34.6 Å². The van der Waals surface area contributed by atoms with Gasteiger partial charge in [-0.3, -0.25) is 14.7 Å². The second-order valence-corrected chi connectivity index (χ2v) is 7.42. The largest absolute Gasteiger partial charge is 0.355 e. The minimum Gasteiger partial charge on any atom is -0.355 e. The molecule has 140 valence electrons. The number of nitrogens with zero attached hydrogens (tertiary/aromatic N) is 3. The molecule has 1 amide bonds. The number of amides is 1. The minimum absolute atomic E-state index is 0.0332. The van der Waals surface area contributed by atoms with Crippen molar-refractivity contribution < 1.29 is 4.79 Å². The van der Waals surface area contributed by atoms with Gasteiger partial charge in [0.25, 0.3) is 0 Å². The summed E-state index contributed by atoms with van der Waals surface area (Å²) in [5, 5.41) is 9.31. The van der Waals surface area contributed by atoms with E-state index in [-0.39, 0.29) is 18.0 Å². The van der Waals surface area contributed by atoms with Crippen molar-refractivity contribution in [3.8, 4) is 0 Å². The zero-order valence-electron chi connectivity index (χ0n) is 16.3. The lowest BCUT2D eigenvalue weighted by atomic mass is 10.1. The molecule has 7 nitrogen and oxygen atoms in total. The van der Waals surface area contributed by atoms with Crippen molar-refractivity contribution in [1.29, 1.82) is 0 Å². The fourth-order valence-electron chi connectivity index (χ4n) is 2.74. The third-order valence-electron chi connectivity index (χ3n) is 4.20. The van der Waals surface area contributed by atoms with Gasteiger partial charge in [-0.25, -0.2) is 0 Å². The van der Waals surface area contributed by atoms with Gasteiger partial charge in [0.05, 0.1) is 6.54 Å². The van der Waals surface area contributed by atoms with Gasteiger partial charge in [0.15, 0.2) is 5.96 Å². The standard InChI is InChI=1S/C17H36N6O/c1-7-22-8-10-23(11-9-22)14(2)12-19-16(18-6)20-13-15(24)21-17(3,4)5/h14H,7-13H2,1-6H3,(H,21,24)(H2,18,19,20). The highest BCUT2D eigenvalue weighted by Crippen LogP contribution is 2.05. The Morgan fingerprint density at radius 1 is 1.17 bits per heavy atom. The first-order valence-electron chi connectivity index (χ1n) is 8.97. The molecule has 1 aliphatic heterocycles. The Morgan fingerprint density at radius 2 is 1.79 bits per heavy atom. The zero-order chi connectivity index (χ0) is 18.2. The highest BCUT2D eigenvalue weighted by atomic mass is 16.2. The lowest BCUT2D eigenvalue weighted by molar-refractivity contribution is -0.121. The number of carbonyl (C=O) groups is 1. The highest BCUT2D eigenvalue weighted by molar-refractivity contribution is 5.86.